The number of fused-ring (bicyclic) bond motifs is 1. The lowest BCUT2D eigenvalue weighted by molar-refractivity contribution is 0.280. The van der Waals surface area contributed by atoms with E-state index in [9.17, 15) is 8.42 Å². The SMILES string of the molecule is Cc1cc(-c2cc(NC3CN(S(=O)(=O)C4CC4)C3)c3cnccc3c2)cc(C)n1. The van der Waals surface area contributed by atoms with Gasteiger partial charge in [-0.2, -0.15) is 4.31 Å². The quantitative estimate of drug-likeness (QED) is 0.699. The van der Waals surface area contributed by atoms with Crippen molar-refractivity contribution >= 4 is 26.5 Å². The third-order valence-electron chi connectivity index (χ3n) is 5.68. The van der Waals surface area contributed by atoms with Gasteiger partial charge in [0.2, 0.25) is 10.0 Å². The fourth-order valence-corrected chi connectivity index (χ4v) is 5.95. The van der Waals surface area contributed by atoms with Crippen molar-refractivity contribution in [1.82, 2.24) is 14.3 Å². The molecule has 0 bridgehead atoms. The summed E-state index contributed by atoms with van der Waals surface area (Å²) in [4.78, 5) is 8.76. The Labute approximate surface area is 171 Å². The van der Waals surface area contributed by atoms with E-state index in [4.69, 9.17) is 0 Å². The molecule has 1 saturated carbocycles. The molecule has 1 N–H and O–H groups in total. The van der Waals surface area contributed by atoms with Crippen molar-refractivity contribution in [1.29, 1.82) is 0 Å². The van der Waals surface area contributed by atoms with Crippen LogP contribution in [-0.2, 0) is 10.0 Å². The summed E-state index contributed by atoms with van der Waals surface area (Å²) in [5.41, 5.74) is 5.21. The Morgan fingerprint density at radius 2 is 1.72 bits per heavy atom. The van der Waals surface area contributed by atoms with E-state index in [2.05, 4.69) is 39.6 Å². The highest BCUT2D eigenvalue weighted by Crippen LogP contribution is 2.35. The summed E-state index contributed by atoms with van der Waals surface area (Å²) in [5, 5.41) is 5.57. The van der Waals surface area contributed by atoms with Crippen molar-refractivity contribution in [2.45, 2.75) is 38.0 Å². The Kier molecular flexibility index (Phi) is 4.33. The van der Waals surface area contributed by atoms with E-state index in [0.29, 0.717) is 13.1 Å². The maximum Gasteiger partial charge on any atom is 0.217 e. The zero-order valence-corrected chi connectivity index (χ0v) is 17.4. The molecule has 0 spiro atoms. The minimum Gasteiger partial charge on any atom is -0.379 e. The van der Waals surface area contributed by atoms with Crippen LogP contribution in [0.3, 0.4) is 0 Å². The third-order valence-corrected chi connectivity index (χ3v) is 8.02. The molecule has 6 nitrogen and oxygen atoms in total. The second-order valence-electron chi connectivity index (χ2n) is 8.16. The Bertz CT molecular complexity index is 1180. The van der Waals surface area contributed by atoms with Crippen LogP contribution >= 0.6 is 0 Å². The fraction of sp³-hybridized carbons (Fsp3) is 0.364. The predicted molar refractivity (Wildman–Crippen MR) is 115 cm³/mol. The highest BCUT2D eigenvalue weighted by atomic mass is 32.2. The Hall–Kier alpha value is -2.51. The van der Waals surface area contributed by atoms with Gasteiger partial charge in [0.15, 0.2) is 0 Å². The summed E-state index contributed by atoms with van der Waals surface area (Å²) in [7, 11) is -3.08. The van der Waals surface area contributed by atoms with E-state index >= 15 is 0 Å². The van der Waals surface area contributed by atoms with Gasteiger partial charge >= 0.3 is 0 Å². The first-order chi connectivity index (χ1) is 13.9. The summed E-state index contributed by atoms with van der Waals surface area (Å²) < 4.78 is 26.4. The predicted octanol–water partition coefficient (Wildman–Crippen LogP) is 3.50. The summed E-state index contributed by atoms with van der Waals surface area (Å²) in [6.07, 6.45) is 5.27. The van der Waals surface area contributed by atoms with E-state index in [1.54, 1.807) is 10.5 Å². The van der Waals surface area contributed by atoms with Crippen LogP contribution in [0.5, 0.6) is 0 Å². The van der Waals surface area contributed by atoms with E-state index in [1.165, 1.54) is 0 Å². The topological polar surface area (TPSA) is 75.2 Å². The summed E-state index contributed by atoms with van der Waals surface area (Å²) in [6.45, 7) is 5.06. The zero-order valence-electron chi connectivity index (χ0n) is 16.6. The second kappa shape index (κ2) is 6.78. The molecule has 2 aromatic heterocycles. The highest BCUT2D eigenvalue weighted by Gasteiger charge is 2.45. The minimum absolute atomic E-state index is 0.114. The molecular formula is C22H24N4O2S. The molecule has 1 aliphatic carbocycles. The van der Waals surface area contributed by atoms with Crippen molar-refractivity contribution in [3.63, 3.8) is 0 Å². The van der Waals surface area contributed by atoms with Gasteiger partial charge in [0.05, 0.1) is 11.3 Å². The van der Waals surface area contributed by atoms with Crippen LogP contribution in [0.15, 0.2) is 42.7 Å². The maximum absolute atomic E-state index is 12.4. The zero-order chi connectivity index (χ0) is 20.2. The Morgan fingerprint density at radius 1 is 1.03 bits per heavy atom. The number of aryl methyl sites for hydroxylation is 2. The van der Waals surface area contributed by atoms with Crippen LogP contribution in [0.25, 0.3) is 21.9 Å². The fourth-order valence-electron chi connectivity index (χ4n) is 4.02. The molecule has 29 heavy (non-hydrogen) atoms. The molecule has 2 aliphatic rings. The van der Waals surface area contributed by atoms with Crippen LogP contribution in [0, 0.1) is 13.8 Å². The van der Waals surface area contributed by atoms with Crippen molar-refractivity contribution in [3.05, 3.63) is 54.1 Å². The molecule has 3 heterocycles. The Balaban J connectivity index is 1.45. The molecular weight excluding hydrogens is 384 g/mol. The van der Waals surface area contributed by atoms with Crippen molar-refractivity contribution < 1.29 is 8.42 Å². The molecule has 1 aliphatic heterocycles. The average molecular weight is 409 g/mol. The van der Waals surface area contributed by atoms with Gasteiger partial charge in [-0.15, -0.1) is 0 Å². The third kappa shape index (κ3) is 3.49. The normalized spacial score (nSPS) is 18.0. The summed E-state index contributed by atoms with van der Waals surface area (Å²) in [5.74, 6) is 0. The molecule has 0 radical (unpaired) electrons. The first-order valence-electron chi connectivity index (χ1n) is 9.99. The molecule has 150 valence electrons. The number of nitrogens with one attached hydrogen (secondary N) is 1. The second-order valence-corrected chi connectivity index (χ2v) is 10.4. The number of sulfonamides is 1. The molecule has 7 heteroatoms. The van der Waals surface area contributed by atoms with Crippen LogP contribution in [0.4, 0.5) is 5.69 Å². The number of hydrogen-bond donors (Lipinski definition) is 1. The lowest BCUT2D eigenvalue weighted by Gasteiger charge is -2.39. The number of aromatic nitrogens is 2. The number of rotatable bonds is 5. The summed E-state index contributed by atoms with van der Waals surface area (Å²) >= 11 is 0. The molecule has 0 unspecified atom stereocenters. The van der Waals surface area contributed by atoms with E-state index < -0.39 is 10.0 Å². The largest absolute Gasteiger partial charge is 0.379 e. The standard InChI is InChI=1S/C22H24N4O2S/c1-14-7-17(8-15(2)24-14)18-9-16-5-6-23-11-21(16)22(10-18)25-19-12-26(13-19)29(27,28)20-3-4-20/h5-11,19-20,25H,3-4,12-13H2,1-2H3. The van der Waals surface area contributed by atoms with Gasteiger partial charge in [-0.3, -0.25) is 9.97 Å². The number of pyridine rings is 2. The number of nitrogens with zero attached hydrogens (tertiary/aromatic N) is 3. The van der Waals surface area contributed by atoms with Gasteiger partial charge in [0.25, 0.3) is 0 Å². The number of benzene rings is 1. The smallest absolute Gasteiger partial charge is 0.217 e. The lowest BCUT2D eigenvalue weighted by Crippen LogP contribution is -2.57. The molecule has 3 aromatic rings. The van der Waals surface area contributed by atoms with Gasteiger partial charge in [0, 0.05) is 47.9 Å². The minimum atomic E-state index is -3.08. The first kappa shape index (κ1) is 18.5. The molecule has 1 saturated heterocycles. The lowest BCUT2D eigenvalue weighted by atomic mass is 9.99. The number of hydrogen-bond acceptors (Lipinski definition) is 5. The van der Waals surface area contributed by atoms with Crippen molar-refractivity contribution in [3.8, 4) is 11.1 Å². The molecule has 0 atom stereocenters. The molecule has 5 rings (SSSR count). The maximum atomic E-state index is 12.4. The highest BCUT2D eigenvalue weighted by molar-refractivity contribution is 7.90. The monoisotopic (exact) mass is 408 g/mol. The van der Waals surface area contributed by atoms with Crippen molar-refractivity contribution in [2.24, 2.45) is 0 Å². The average Bonchev–Trinajstić information content (AvgIpc) is 3.48. The van der Waals surface area contributed by atoms with Crippen molar-refractivity contribution in [2.75, 3.05) is 18.4 Å². The van der Waals surface area contributed by atoms with Gasteiger partial charge in [-0.25, -0.2) is 8.42 Å². The van der Waals surface area contributed by atoms with Crippen LogP contribution < -0.4 is 5.32 Å². The van der Waals surface area contributed by atoms with E-state index in [-0.39, 0.29) is 11.3 Å². The van der Waals surface area contributed by atoms with E-state index in [0.717, 1.165) is 51.8 Å². The molecule has 2 fully saturated rings. The molecule has 1 aromatic carbocycles. The van der Waals surface area contributed by atoms with Gasteiger partial charge in [-0.1, -0.05) is 0 Å². The van der Waals surface area contributed by atoms with Crippen LogP contribution in [-0.4, -0.2) is 47.1 Å². The van der Waals surface area contributed by atoms with Gasteiger partial charge in [-0.05, 0) is 73.5 Å². The summed E-state index contributed by atoms with van der Waals surface area (Å²) in [6, 6.07) is 10.6. The number of anilines is 1. The first-order valence-corrected chi connectivity index (χ1v) is 11.5. The Morgan fingerprint density at radius 3 is 2.41 bits per heavy atom. The van der Waals surface area contributed by atoms with Gasteiger partial charge in [0.1, 0.15) is 0 Å². The van der Waals surface area contributed by atoms with Crippen LogP contribution in [0.1, 0.15) is 24.2 Å². The van der Waals surface area contributed by atoms with Gasteiger partial charge < -0.3 is 5.32 Å². The van der Waals surface area contributed by atoms with E-state index in [1.807, 2.05) is 26.1 Å². The molecule has 0 amide bonds. The van der Waals surface area contributed by atoms with Crippen LogP contribution in [0.2, 0.25) is 0 Å².